The first-order chi connectivity index (χ1) is 22.3. The van der Waals surface area contributed by atoms with E-state index in [4.69, 9.17) is 0 Å². The minimum absolute atomic E-state index is 1.12. The zero-order chi connectivity index (χ0) is 30.0. The first kappa shape index (κ1) is 26.6. The Balaban J connectivity index is 1.25. The van der Waals surface area contributed by atoms with Crippen molar-refractivity contribution in [3.63, 3.8) is 0 Å². The van der Waals surface area contributed by atoms with Gasteiger partial charge < -0.3 is 14.7 Å². The van der Waals surface area contributed by atoms with E-state index < -0.39 is 0 Å². The largest absolute Gasteiger partial charge is 0.311 e. The fourth-order valence-corrected chi connectivity index (χ4v) is 6.29. The number of rotatable bonds is 6. The molecule has 0 saturated heterocycles. The number of hydrogen-bond acceptors (Lipinski definition) is 3. The van der Waals surface area contributed by atoms with Crippen molar-refractivity contribution in [3.05, 3.63) is 188 Å². The summed E-state index contributed by atoms with van der Waals surface area (Å²) in [5.41, 5.74) is 12.6. The Bertz CT molecular complexity index is 2000. The Hall–Kier alpha value is -6.06. The summed E-state index contributed by atoms with van der Waals surface area (Å²) in [7, 11) is 0. The molecule has 1 aliphatic heterocycles. The van der Waals surface area contributed by atoms with Gasteiger partial charge in [-0.05, 0) is 96.1 Å². The summed E-state index contributed by atoms with van der Waals surface area (Å²) in [5, 5.41) is 0. The Morgan fingerprint density at radius 3 is 1.18 bits per heavy atom. The van der Waals surface area contributed by atoms with Gasteiger partial charge in [-0.25, -0.2) is 0 Å². The average Bonchev–Trinajstić information content (AvgIpc) is 3.12. The number of hydrogen-bond donors (Lipinski definition) is 0. The van der Waals surface area contributed by atoms with Gasteiger partial charge in [-0.2, -0.15) is 0 Å². The monoisotopic (exact) mass is 577 g/mol. The molecule has 0 aliphatic carbocycles. The second-order valence-corrected chi connectivity index (χ2v) is 11.1. The van der Waals surface area contributed by atoms with Crippen LogP contribution in [0, 0.1) is 0 Å². The van der Waals surface area contributed by atoms with Gasteiger partial charge in [-0.1, -0.05) is 103 Å². The van der Waals surface area contributed by atoms with Gasteiger partial charge in [0.2, 0.25) is 0 Å². The smallest absolute Gasteiger partial charge is 0.0709 e. The maximum atomic E-state index is 2.38. The fourth-order valence-electron chi connectivity index (χ4n) is 6.29. The van der Waals surface area contributed by atoms with Gasteiger partial charge in [0.05, 0.1) is 22.7 Å². The maximum Gasteiger partial charge on any atom is 0.0709 e. The van der Waals surface area contributed by atoms with E-state index >= 15 is 0 Å². The summed E-state index contributed by atoms with van der Waals surface area (Å²) >= 11 is 0. The lowest BCUT2D eigenvalue weighted by atomic mass is 9.99. The van der Waals surface area contributed by atoms with E-state index in [1.165, 1.54) is 11.1 Å². The molecule has 7 aromatic rings. The number of nitrogens with zero attached hydrogens (tertiary/aromatic N) is 3. The molecule has 0 aromatic heterocycles. The number of fused-ring (bicyclic) bond motifs is 2. The third kappa shape index (κ3) is 4.91. The Morgan fingerprint density at radius 2 is 0.667 bits per heavy atom. The summed E-state index contributed by atoms with van der Waals surface area (Å²) in [5.74, 6) is 0. The molecule has 0 N–H and O–H groups in total. The Morgan fingerprint density at radius 1 is 0.289 bits per heavy atom. The molecule has 1 heterocycles. The summed E-state index contributed by atoms with van der Waals surface area (Å²) in [6, 6.07) is 66.7. The van der Waals surface area contributed by atoms with E-state index in [1.54, 1.807) is 0 Å². The van der Waals surface area contributed by atoms with Gasteiger partial charge in [0, 0.05) is 28.4 Å². The normalized spacial score (nSPS) is 11.9. The highest BCUT2D eigenvalue weighted by atomic mass is 15.3. The summed E-state index contributed by atoms with van der Waals surface area (Å²) in [6.07, 6.45) is 0. The van der Waals surface area contributed by atoms with Crippen molar-refractivity contribution in [2.24, 2.45) is 0 Å². The van der Waals surface area contributed by atoms with Crippen LogP contribution >= 0.6 is 0 Å². The minimum atomic E-state index is 1.12. The first-order valence-corrected chi connectivity index (χ1v) is 15.3. The zero-order valence-corrected chi connectivity index (χ0v) is 24.7. The molecule has 0 amide bonds. The van der Waals surface area contributed by atoms with Crippen LogP contribution in [0.2, 0.25) is 0 Å². The van der Waals surface area contributed by atoms with Crippen molar-refractivity contribution in [2.75, 3.05) is 14.7 Å². The van der Waals surface area contributed by atoms with Crippen LogP contribution < -0.4 is 14.7 Å². The maximum absolute atomic E-state index is 2.38. The average molecular weight is 578 g/mol. The summed E-state index contributed by atoms with van der Waals surface area (Å²) in [6.45, 7) is 0. The van der Waals surface area contributed by atoms with Crippen molar-refractivity contribution < 1.29 is 0 Å². The minimum Gasteiger partial charge on any atom is -0.311 e. The third-order valence-electron chi connectivity index (χ3n) is 8.34. The molecule has 0 fully saturated rings. The predicted molar refractivity (Wildman–Crippen MR) is 189 cm³/mol. The van der Waals surface area contributed by atoms with Crippen LogP contribution in [0.4, 0.5) is 51.2 Å². The number of benzene rings is 7. The van der Waals surface area contributed by atoms with Crippen LogP contribution in [0.15, 0.2) is 188 Å². The molecule has 45 heavy (non-hydrogen) atoms. The zero-order valence-electron chi connectivity index (χ0n) is 24.7. The topological polar surface area (TPSA) is 9.72 Å². The molecule has 214 valence electrons. The highest BCUT2D eigenvalue weighted by Gasteiger charge is 2.30. The molecule has 0 bridgehead atoms. The van der Waals surface area contributed by atoms with E-state index in [0.29, 0.717) is 0 Å². The molecule has 3 nitrogen and oxygen atoms in total. The van der Waals surface area contributed by atoms with E-state index in [-0.39, 0.29) is 0 Å². The Kier molecular flexibility index (Phi) is 6.82. The summed E-state index contributed by atoms with van der Waals surface area (Å²) in [4.78, 5) is 7.05. The van der Waals surface area contributed by atoms with Crippen LogP contribution in [-0.2, 0) is 0 Å². The van der Waals surface area contributed by atoms with Crippen molar-refractivity contribution in [3.8, 4) is 11.1 Å². The summed E-state index contributed by atoms with van der Waals surface area (Å²) < 4.78 is 0. The fraction of sp³-hybridized carbons (Fsp3) is 0. The van der Waals surface area contributed by atoms with Crippen molar-refractivity contribution in [1.29, 1.82) is 0 Å². The van der Waals surface area contributed by atoms with Crippen LogP contribution in [0.25, 0.3) is 11.1 Å². The second kappa shape index (κ2) is 11.6. The van der Waals surface area contributed by atoms with Crippen LogP contribution in [0.1, 0.15) is 0 Å². The highest BCUT2D eigenvalue weighted by Crippen LogP contribution is 2.54. The van der Waals surface area contributed by atoms with Gasteiger partial charge in [0.1, 0.15) is 0 Å². The molecular weight excluding hydrogens is 546 g/mol. The molecule has 3 heteroatoms. The first-order valence-electron chi connectivity index (χ1n) is 15.3. The molecule has 1 aliphatic rings. The molecule has 0 spiro atoms. The van der Waals surface area contributed by atoms with Crippen LogP contribution in [-0.4, -0.2) is 0 Å². The van der Waals surface area contributed by atoms with Crippen molar-refractivity contribution >= 4 is 51.2 Å². The van der Waals surface area contributed by atoms with E-state index in [2.05, 4.69) is 203 Å². The van der Waals surface area contributed by atoms with Crippen molar-refractivity contribution in [1.82, 2.24) is 0 Å². The number of para-hydroxylation sites is 6. The molecule has 0 saturated carbocycles. The van der Waals surface area contributed by atoms with Crippen LogP contribution in [0.3, 0.4) is 0 Å². The SMILES string of the molecule is c1ccc(N(c2ccccc2)c2ccc(-c3ccc4c(c3)N(c3ccccc3)c3ccccc3N4c3ccccc3)cc2)cc1. The van der Waals surface area contributed by atoms with Crippen molar-refractivity contribution in [2.45, 2.75) is 0 Å². The standard InChI is InChI=1S/C42H31N3/c1-5-15-34(16-6-1)43(35-17-7-2-8-18-35)38-28-25-32(26-29-38)33-27-30-41-42(31-33)45(37-21-11-4-12-22-37)40-24-14-13-23-39(40)44(41)36-19-9-3-10-20-36/h1-31H. The van der Waals surface area contributed by atoms with Gasteiger partial charge in [0.15, 0.2) is 0 Å². The molecule has 0 radical (unpaired) electrons. The quantitative estimate of drug-likeness (QED) is 0.195. The lowest BCUT2D eigenvalue weighted by Gasteiger charge is -2.40. The number of anilines is 9. The molecule has 0 unspecified atom stereocenters. The van der Waals surface area contributed by atoms with Gasteiger partial charge in [0.25, 0.3) is 0 Å². The predicted octanol–water partition coefficient (Wildman–Crippen LogP) is 12.1. The molecule has 7 aromatic carbocycles. The van der Waals surface area contributed by atoms with Gasteiger partial charge in [-0.3, -0.25) is 0 Å². The van der Waals surface area contributed by atoms with Gasteiger partial charge in [-0.15, -0.1) is 0 Å². The van der Waals surface area contributed by atoms with Crippen LogP contribution in [0.5, 0.6) is 0 Å². The van der Waals surface area contributed by atoms with E-state index in [0.717, 1.165) is 51.2 Å². The molecule has 8 rings (SSSR count). The molecule has 0 atom stereocenters. The van der Waals surface area contributed by atoms with Gasteiger partial charge >= 0.3 is 0 Å². The lowest BCUT2D eigenvalue weighted by Crippen LogP contribution is -2.24. The molecular formula is C42H31N3. The van der Waals surface area contributed by atoms with E-state index in [9.17, 15) is 0 Å². The third-order valence-corrected chi connectivity index (χ3v) is 8.34. The van der Waals surface area contributed by atoms with E-state index in [1.807, 2.05) is 0 Å². The Labute approximate surface area is 264 Å². The second-order valence-electron chi connectivity index (χ2n) is 11.1. The lowest BCUT2D eigenvalue weighted by molar-refractivity contribution is 1.17. The highest BCUT2D eigenvalue weighted by molar-refractivity contribution is 6.02.